The summed E-state index contributed by atoms with van der Waals surface area (Å²) in [6.07, 6.45) is -12.1. The number of aliphatic hydroxyl groups is 1. The van der Waals surface area contributed by atoms with E-state index < -0.39 is 101 Å². The van der Waals surface area contributed by atoms with Gasteiger partial charge in [-0.2, -0.15) is 4.98 Å². The van der Waals surface area contributed by atoms with E-state index in [9.17, 15) is 28.7 Å². The van der Waals surface area contributed by atoms with Crippen LogP contribution in [0.5, 0.6) is 0 Å². The number of phosphoric ester groups is 1. The molecule has 28 heteroatoms. The highest BCUT2D eigenvalue weighted by Gasteiger charge is 2.55. The molecule has 2 bridgehead atoms. The first-order valence-corrected chi connectivity index (χ1v) is 20.1. The van der Waals surface area contributed by atoms with Crippen LogP contribution in [0.1, 0.15) is 26.3 Å². The van der Waals surface area contributed by atoms with E-state index in [2.05, 4.69) is 29.9 Å². The van der Waals surface area contributed by atoms with E-state index in [1.54, 1.807) is 13.8 Å². The smallest absolute Gasteiger partial charge is 0.432 e. The van der Waals surface area contributed by atoms with Gasteiger partial charge in [-0.25, -0.2) is 38.3 Å². The predicted molar refractivity (Wildman–Crippen MR) is 175 cm³/mol. The van der Waals surface area contributed by atoms with Gasteiger partial charge in [-0.1, -0.05) is 0 Å². The van der Waals surface area contributed by atoms with Crippen molar-refractivity contribution >= 4 is 66.3 Å². The number of fused-ring (bicyclic) bond motifs is 5. The van der Waals surface area contributed by atoms with Crippen LogP contribution in [-0.2, 0) is 46.2 Å². The molecule has 0 aliphatic carbocycles. The Kier molecular flexibility index (Phi) is 10.2. The average Bonchev–Trinajstić information content (AvgIpc) is 3.84. The van der Waals surface area contributed by atoms with Gasteiger partial charge in [0.05, 0.1) is 32.0 Å². The zero-order valence-electron chi connectivity index (χ0n) is 27.3. The van der Waals surface area contributed by atoms with Gasteiger partial charge in [-0.15, -0.1) is 0 Å². The van der Waals surface area contributed by atoms with Gasteiger partial charge in [-0.05, 0) is 13.8 Å². The predicted octanol–water partition coefficient (Wildman–Crippen LogP) is 0.896. The molecule has 3 aliphatic rings. The summed E-state index contributed by atoms with van der Waals surface area (Å²) in [5.74, 6) is -0.996. The lowest BCUT2D eigenvalue weighted by atomic mass is 10.1. The Labute approximate surface area is 299 Å². The normalized spacial score (nSPS) is 33.7. The van der Waals surface area contributed by atoms with Crippen LogP contribution >= 0.6 is 26.0 Å². The van der Waals surface area contributed by atoms with Gasteiger partial charge < -0.3 is 40.4 Å². The van der Waals surface area contributed by atoms with Crippen molar-refractivity contribution in [2.24, 2.45) is 0 Å². The number of hydrogen-bond acceptors (Lipinski definition) is 21. The highest BCUT2D eigenvalue weighted by molar-refractivity contribution is 8.55. The zero-order valence-corrected chi connectivity index (χ0v) is 29.9. The molecule has 4 unspecified atom stereocenters. The lowest BCUT2D eigenvalue weighted by Crippen LogP contribution is -2.35. The molecule has 7 heterocycles. The summed E-state index contributed by atoms with van der Waals surface area (Å²) in [7, 11) is -5.20. The second-order valence-electron chi connectivity index (χ2n) is 11.9. The summed E-state index contributed by atoms with van der Waals surface area (Å²) in [5.41, 5.74) is 10.7. The number of ether oxygens (including phenoxy) is 4. The first kappa shape index (κ1) is 37.5. The van der Waals surface area contributed by atoms with Gasteiger partial charge in [0.2, 0.25) is 5.95 Å². The van der Waals surface area contributed by atoms with E-state index in [-0.39, 0.29) is 34.1 Å². The Bertz CT molecular complexity index is 2180. The number of alkyl halides is 1. The van der Waals surface area contributed by atoms with Crippen LogP contribution in [0.2, 0.25) is 0 Å². The van der Waals surface area contributed by atoms with Crippen LogP contribution in [0.15, 0.2) is 23.8 Å². The number of hydrogen-bond donors (Lipinski definition) is 5. The lowest BCUT2D eigenvalue weighted by molar-refractivity contribution is -0.0619. The summed E-state index contributed by atoms with van der Waals surface area (Å²) in [6.45, 7) is -3.25. The molecule has 0 spiro atoms. The van der Waals surface area contributed by atoms with Gasteiger partial charge >= 0.3 is 20.8 Å². The molecule has 10 atom stereocenters. The van der Waals surface area contributed by atoms with Crippen molar-refractivity contribution < 1.29 is 65.4 Å². The molecule has 24 nitrogen and oxygen atoms in total. The number of halogens is 1. The summed E-state index contributed by atoms with van der Waals surface area (Å²) < 4.78 is 90.2. The van der Waals surface area contributed by atoms with Gasteiger partial charge in [0.25, 0.3) is 5.56 Å². The standard InChI is InChI=1S/C25H31FN10O14P2S/c1-9(2)46-25(39)43-8-53-52(42)45-4-11-16(12(26)22(48-11)35-6-31-13-18(27)29-5-30-19(13)35)49-51(40,41)44-3-10-15(37)17(50-52)23(47-10)36-7-32-14-20(36)33-24(28)34-21(14)38/h5-7,9-12,15-17,22-23,37H,3-4,8H2,1-2H3,(H,40,41)(H2,27,29,30)(H3,28,33,34,38)/t10-,11-,12+,15+,16?,17?,22-,23-,52?/m1/s1. The van der Waals surface area contributed by atoms with Crippen LogP contribution in [0.3, 0.4) is 0 Å². The van der Waals surface area contributed by atoms with Crippen LogP contribution < -0.4 is 17.0 Å². The number of imidazole rings is 2. The first-order valence-electron chi connectivity index (χ1n) is 15.5. The second kappa shape index (κ2) is 14.4. The molecule has 288 valence electrons. The fraction of sp³-hybridized carbons (Fsp3) is 0.560. The molecule has 3 saturated heterocycles. The maximum absolute atomic E-state index is 16.3. The third-order valence-electron chi connectivity index (χ3n) is 7.99. The van der Waals surface area contributed by atoms with Gasteiger partial charge in [-0.3, -0.25) is 37.0 Å². The minimum absolute atomic E-state index is 0.0146. The van der Waals surface area contributed by atoms with Crippen molar-refractivity contribution in [3.63, 3.8) is 0 Å². The molecule has 7 rings (SSSR count). The maximum Gasteiger partial charge on any atom is 0.509 e. The highest BCUT2D eigenvalue weighted by atomic mass is 32.7. The van der Waals surface area contributed by atoms with Crippen molar-refractivity contribution in [2.45, 2.75) is 69.1 Å². The average molecular weight is 809 g/mol. The van der Waals surface area contributed by atoms with Crippen LogP contribution in [0.4, 0.5) is 21.0 Å². The van der Waals surface area contributed by atoms with Gasteiger partial charge in [0, 0.05) is 11.4 Å². The monoisotopic (exact) mass is 808 g/mol. The Morgan fingerprint density at radius 2 is 1.74 bits per heavy atom. The third-order valence-corrected chi connectivity index (χ3v) is 12.3. The van der Waals surface area contributed by atoms with Crippen LogP contribution in [0.25, 0.3) is 22.3 Å². The number of anilines is 2. The molecule has 0 aromatic carbocycles. The van der Waals surface area contributed by atoms with Crippen molar-refractivity contribution in [3.8, 4) is 0 Å². The van der Waals surface area contributed by atoms with Crippen LogP contribution in [0, 0.1) is 0 Å². The number of nitrogens with zero attached hydrogens (tertiary/aromatic N) is 7. The van der Waals surface area contributed by atoms with Crippen molar-refractivity contribution in [3.05, 3.63) is 29.3 Å². The molecule has 4 aromatic rings. The van der Waals surface area contributed by atoms with E-state index >= 15 is 4.39 Å². The van der Waals surface area contributed by atoms with E-state index in [0.717, 1.165) is 28.1 Å². The molecule has 7 N–H and O–H groups in total. The van der Waals surface area contributed by atoms with Crippen LogP contribution in [-0.4, -0.2) is 117 Å². The minimum atomic E-state index is -5.20. The topological polar surface area (TPSA) is 325 Å². The molecule has 3 aliphatic heterocycles. The molecule has 0 amide bonds. The van der Waals surface area contributed by atoms with Gasteiger partial charge in [0.15, 0.2) is 47.2 Å². The minimum Gasteiger partial charge on any atom is -0.432 e. The summed E-state index contributed by atoms with van der Waals surface area (Å²) >= 11 is 0.330. The lowest BCUT2D eigenvalue weighted by Gasteiger charge is -2.27. The van der Waals surface area contributed by atoms with Gasteiger partial charge in [0.1, 0.15) is 42.4 Å². The number of aromatic nitrogens is 8. The van der Waals surface area contributed by atoms with E-state index in [4.69, 9.17) is 48.5 Å². The molecule has 4 aromatic heterocycles. The number of aromatic amines is 1. The van der Waals surface area contributed by atoms with Crippen molar-refractivity contribution in [2.75, 3.05) is 30.6 Å². The summed E-state index contributed by atoms with van der Waals surface area (Å²) in [5, 5.41) is 11.4. The third kappa shape index (κ3) is 7.49. The zero-order chi connectivity index (χ0) is 37.8. The molecule has 53 heavy (non-hydrogen) atoms. The number of aliphatic hydroxyl groups excluding tert-OH is 1. The first-order chi connectivity index (χ1) is 25.1. The highest BCUT2D eigenvalue weighted by Crippen LogP contribution is 2.64. The molecule has 0 radical (unpaired) electrons. The Morgan fingerprint density at radius 1 is 1.04 bits per heavy atom. The molecule has 3 fully saturated rings. The number of H-pyrrole nitrogens is 1. The largest absolute Gasteiger partial charge is 0.509 e. The van der Waals surface area contributed by atoms with E-state index in [1.807, 2.05) is 0 Å². The quantitative estimate of drug-likeness (QED) is 0.103. The number of nitrogens with two attached hydrogens (primary N) is 2. The second-order valence-corrected chi connectivity index (χ2v) is 17.3. The number of rotatable bonds is 6. The SMILES string of the molecule is CC(C)OC(=O)OCSP1(=O)OC[C@H]2O[C@@H](n3cnc4c(N)ncnc43)[C@@H](F)C2OP(=O)(O)OC[C@H]2O[C@@H](n3cnc4c(=O)[nH]c(N)nc43)C(O1)[C@H]2O. The summed E-state index contributed by atoms with van der Waals surface area (Å²) in [4.78, 5) is 57.7. The fourth-order valence-electron chi connectivity index (χ4n) is 5.69. The number of nitrogen functional groups attached to an aromatic ring is 2. The Balaban J connectivity index is 1.23. The Morgan fingerprint density at radius 3 is 2.49 bits per heavy atom. The molecular formula is C25H31FN10O14P2S. The molecule has 0 saturated carbocycles. The number of carbonyl (C=O) groups is 1. The maximum atomic E-state index is 16.3. The van der Waals surface area contributed by atoms with E-state index in [1.165, 1.54) is 0 Å². The van der Waals surface area contributed by atoms with Crippen molar-refractivity contribution in [1.82, 2.24) is 39.0 Å². The number of nitrogens with one attached hydrogen (secondary N) is 1. The molecular weight excluding hydrogens is 777 g/mol. The number of phosphoric acid groups is 1. The fourth-order valence-corrected chi connectivity index (χ4v) is 9.41. The van der Waals surface area contributed by atoms with Crippen molar-refractivity contribution in [1.29, 1.82) is 0 Å². The number of carbonyl (C=O) groups excluding carboxylic acids is 1. The Hall–Kier alpha value is -3.81. The van der Waals surface area contributed by atoms with E-state index in [0.29, 0.717) is 11.4 Å². The summed E-state index contributed by atoms with van der Waals surface area (Å²) in [6, 6.07) is 0.